The first kappa shape index (κ1) is 17.7. The van der Waals surface area contributed by atoms with Gasteiger partial charge in [0.05, 0.1) is 11.0 Å². The van der Waals surface area contributed by atoms with Gasteiger partial charge >= 0.3 is 6.09 Å². The summed E-state index contributed by atoms with van der Waals surface area (Å²) in [6.07, 6.45) is 0.903. The first-order chi connectivity index (χ1) is 12.7. The Morgan fingerprint density at radius 3 is 2.54 bits per heavy atom. The Hall–Kier alpha value is -3.09. The van der Waals surface area contributed by atoms with E-state index in [1.54, 1.807) is 6.20 Å². The monoisotopic (exact) mass is 353 g/mol. The van der Waals surface area contributed by atoms with E-state index in [1.807, 2.05) is 50.2 Å². The summed E-state index contributed by atoms with van der Waals surface area (Å²) >= 11 is 0. The molecule has 0 radical (unpaired) electrons. The van der Waals surface area contributed by atoms with E-state index in [2.05, 4.69) is 19.9 Å². The van der Waals surface area contributed by atoms with Crippen molar-refractivity contribution in [1.82, 2.24) is 19.9 Å². The van der Waals surface area contributed by atoms with Crippen LogP contribution in [0.3, 0.4) is 0 Å². The van der Waals surface area contributed by atoms with Crippen molar-refractivity contribution in [2.24, 2.45) is 0 Å². The van der Waals surface area contributed by atoms with E-state index in [0.717, 1.165) is 28.2 Å². The number of anilines is 1. The molecule has 1 aliphatic rings. The average Bonchev–Trinajstić information content (AvgIpc) is 3.14. The van der Waals surface area contributed by atoms with Gasteiger partial charge in [-0.3, -0.25) is 0 Å². The van der Waals surface area contributed by atoms with E-state index in [0.29, 0.717) is 26.2 Å². The molecule has 4 rings (SSSR count). The van der Waals surface area contributed by atoms with E-state index in [1.165, 1.54) is 4.90 Å². The van der Waals surface area contributed by atoms with Crippen molar-refractivity contribution in [3.8, 4) is 11.4 Å². The molecule has 136 valence electrons. The molecule has 1 fully saturated rings. The third-order valence-electron chi connectivity index (χ3n) is 4.28. The van der Waals surface area contributed by atoms with Crippen LogP contribution in [0.25, 0.3) is 22.4 Å². The molecule has 1 amide bonds. The van der Waals surface area contributed by atoms with Crippen molar-refractivity contribution < 1.29 is 9.90 Å². The van der Waals surface area contributed by atoms with Crippen molar-refractivity contribution >= 4 is 22.9 Å². The summed E-state index contributed by atoms with van der Waals surface area (Å²) in [4.78, 5) is 26.9. The van der Waals surface area contributed by atoms with Gasteiger partial charge in [0.2, 0.25) is 0 Å². The van der Waals surface area contributed by atoms with Crippen molar-refractivity contribution in [2.75, 3.05) is 31.1 Å². The quantitative estimate of drug-likeness (QED) is 0.737. The molecule has 0 bridgehead atoms. The maximum Gasteiger partial charge on any atom is 0.407 e. The van der Waals surface area contributed by atoms with Crippen molar-refractivity contribution in [3.05, 3.63) is 42.6 Å². The van der Waals surface area contributed by atoms with Gasteiger partial charge in [0.15, 0.2) is 0 Å². The predicted molar refractivity (Wildman–Crippen MR) is 102 cm³/mol. The van der Waals surface area contributed by atoms with Crippen LogP contribution in [0.5, 0.6) is 0 Å². The Morgan fingerprint density at radius 2 is 1.85 bits per heavy atom. The van der Waals surface area contributed by atoms with Gasteiger partial charge in [-0.25, -0.2) is 14.8 Å². The van der Waals surface area contributed by atoms with Gasteiger partial charge in [-0.2, -0.15) is 0 Å². The van der Waals surface area contributed by atoms with Crippen LogP contribution in [0.2, 0.25) is 0 Å². The van der Waals surface area contributed by atoms with Gasteiger partial charge in [0, 0.05) is 37.9 Å². The number of H-pyrrole nitrogens is 1. The van der Waals surface area contributed by atoms with Crippen LogP contribution in [0.1, 0.15) is 13.8 Å². The topological polar surface area (TPSA) is 85.4 Å². The molecule has 2 aromatic heterocycles. The molecule has 3 aromatic rings. The number of para-hydroxylation sites is 2. The number of imidazole rings is 1. The Kier molecular flexibility index (Phi) is 5.36. The van der Waals surface area contributed by atoms with E-state index in [9.17, 15) is 4.79 Å². The van der Waals surface area contributed by atoms with Gasteiger partial charge in [-0.05, 0) is 24.3 Å². The Labute approximate surface area is 152 Å². The standard InChI is InChI=1S/C17H17N5O2.C2H6/c23-17(24)22-9-7-21(8-10-22)15-11-12(5-6-18-15)16-19-13-3-1-2-4-14(13)20-16;1-2/h1-6,11H,7-10H2,(H,19,20)(H,23,24);1-2H3. The molecule has 1 aromatic carbocycles. The van der Waals surface area contributed by atoms with Crippen molar-refractivity contribution in [1.29, 1.82) is 0 Å². The fourth-order valence-corrected chi connectivity index (χ4v) is 2.95. The van der Waals surface area contributed by atoms with E-state index < -0.39 is 6.09 Å². The number of aromatic nitrogens is 3. The second-order valence-electron chi connectivity index (χ2n) is 5.76. The van der Waals surface area contributed by atoms with E-state index in [4.69, 9.17) is 5.11 Å². The number of fused-ring (bicyclic) bond motifs is 1. The Balaban J connectivity index is 0.000000948. The first-order valence-electron chi connectivity index (χ1n) is 8.85. The molecule has 1 aliphatic heterocycles. The van der Waals surface area contributed by atoms with Gasteiger partial charge in [-0.15, -0.1) is 0 Å². The predicted octanol–water partition coefficient (Wildman–Crippen LogP) is 3.45. The van der Waals surface area contributed by atoms with Crippen LogP contribution >= 0.6 is 0 Å². The van der Waals surface area contributed by atoms with Crippen LogP contribution in [-0.2, 0) is 0 Å². The average molecular weight is 353 g/mol. The summed E-state index contributed by atoms with van der Waals surface area (Å²) in [7, 11) is 0. The lowest BCUT2D eigenvalue weighted by atomic mass is 10.2. The highest BCUT2D eigenvalue weighted by Crippen LogP contribution is 2.23. The summed E-state index contributed by atoms with van der Waals surface area (Å²) in [5.74, 6) is 1.65. The molecule has 0 spiro atoms. The van der Waals surface area contributed by atoms with Gasteiger partial charge in [0.1, 0.15) is 11.6 Å². The van der Waals surface area contributed by atoms with E-state index >= 15 is 0 Å². The summed E-state index contributed by atoms with van der Waals surface area (Å²) in [5, 5.41) is 9.04. The van der Waals surface area contributed by atoms with Crippen molar-refractivity contribution in [2.45, 2.75) is 13.8 Å². The highest BCUT2D eigenvalue weighted by molar-refractivity contribution is 5.79. The summed E-state index contributed by atoms with van der Waals surface area (Å²) in [6.45, 7) is 6.27. The van der Waals surface area contributed by atoms with Gasteiger partial charge in [-0.1, -0.05) is 26.0 Å². The molecule has 0 saturated carbocycles. The second-order valence-corrected chi connectivity index (χ2v) is 5.76. The first-order valence-corrected chi connectivity index (χ1v) is 8.85. The number of carbonyl (C=O) groups is 1. The molecule has 0 atom stereocenters. The third kappa shape index (κ3) is 3.61. The molecule has 2 N–H and O–H groups in total. The molecular formula is C19H23N5O2. The Bertz CT molecular complexity index is 851. The number of benzene rings is 1. The zero-order valence-electron chi connectivity index (χ0n) is 15.0. The lowest BCUT2D eigenvalue weighted by molar-refractivity contribution is 0.142. The normalized spacial score (nSPS) is 14.1. The van der Waals surface area contributed by atoms with Crippen LogP contribution in [0.15, 0.2) is 42.6 Å². The molecule has 0 aliphatic carbocycles. The number of amides is 1. The second kappa shape index (κ2) is 7.86. The molecule has 7 nitrogen and oxygen atoms in total. The SMILES string of the molecule is CC.O=C(O)N1CCN(c2cc(-c3nc4ccccc4[nH]3)ccn2)CC1. The third-order valence-corrected chi connectivity index (χ3v) is 4.28. The number of pyridine rings is 1. The van der Waals surface area contributed by atoms with Crippen LogP contribution in [0.4, 0.5) is 10.6 Å². The largest absolute Gasteiger partial charge is 0.465 e. The molecule has 0 unspecified atom stereocenters. The van der Waals surface area contributed by atoms with Gasteiger partial charge < -0.3 is 19.9 Å². The minimum absolute atomic E-state index is 0.492. The van der Waals surface area contributed by atoms with E-state index in [-0.39, 0.29) is 0 Å². The fraction of sp³-hybridized carbons (Fsp3) is 0.316. The number of nitrogens with zero attached hydrogens (tertiary/aromatic N) is 4. The lowest BCUT2D eigenvalue weighted by Crippen LogP contribution is -2.48. The zero-order valence-corrected chi connectivity index (χ0v) is 15.0. The summed E-state index contributed by atoms with van der Waals surface area (Å²) in [6, 6.07) is 11.8. The van der Waals surface area contributed by atoms with Crippen LogP contribution in [0, 0.1) is 0 Å². The lowest BCUT2D eigenvalue weighted by Gasteiger charge is -2.33. The Morgan fingerprint density at radius 1 is 1.12 bits per heavy atom. The number of piperazine rings is 1. The summed E-state index contributed by atoms with van der Waals surface area (Å²) in [5.41, 5.74) is 2.90. The number of carboxylic acid groups (broad SMARTS) is 1. The fourth-order valence-electron chi connectivity index (χ4n) is 2.95. The molecule has 7 heteroatoms. The summed E-state index contributed by atoms with van der Waals surface area (Å²) < 4.78 is 0. The number of rotatable bonds is 2. The zero-order chi connectivity index (χ0) is 18.5. The highest BCUT2D eigenvalue weighted by atomic mass is 16.4. The highest BCUT2D eigenvalue weighted by Gasteiger charge is 2.21. The maximum absolute atomic E-state index is 11.0. The van der Waals surface area contributed by atoms with Gasteiger partial charge in [0.25, 0.3) is 0 Å². The van der Waals surface area contributed by atoms with Crippen LogP contribution < -0.4 is 4.90 Å². The minimum Gasteiger partial charge on any atom is -0.465 e. The molecule has 1 saturated heterocycles. The maximum atomic E-state index is 11.0. The minimum atomic E-state index is -0.862. The smallest absolute Gasteiger partial charge is 0.407 e. The van der Waals surface area contributed by atoms with Crippen LogP contribution in [-0.4, -0.2) is 57.2 Å². The molecular weight excluding hydrogens is 330 g/mol. The number of hydrogen-bond acceptors (Lipinski definition) is 4. The molecule has 3 heterocycles. The van der Waals surface area contributed by atoms with Crippen molar-refractivity contribution in [3.63, 3.8) is 0 Å². The molecule has 26 heavy (non-hydrogen) atoms. The number of hydrogen-bond donors (Lipinski definition) is 2. The number of nitrogens with one attached hydrogen (secondary N) is 1. The number of aromatic amines is 1.